The van der Waals surface area contributed by atoms with Crippen LogP contribution in [-0.4, -0.2) is 26.3 Å². The average Bonchev–Trinajstić information content (AvgIpc) is 3.22. The van der Waals surface area contributed by atoms with Crippen molar-refractivity contribution in [3.05, 3.63) is 29.6 Å². The van der Waals surface area contributed by atoms with E-state index in [-0.39, 0.29) is 11.9 Å². The summed E-state index contributed by atoms with van der Waals surface area (Å²) in [5.74, 6) is 0.485. The van der Waals surface area contributed by atoms with E-state index < -0.39 is 0 Å². The molecule has 1 unspecified atom stereocenters. The topological polar surface area (TPSA) is 38.5 Å². The largest absolute Gasteiger partial charge is 0.383 e. The SMILES string of the molecule is COCCN(c1cccc(F)c1[C@H](C)N)C(C)C1CC1. The molecule has 0 bridgehead atoms. The second-order valence-electron chi connectivity index (χ2n) is 5.73. The fourth-order valence-electron chi connectivity index (χ4n) is 2.79. The van der Waals surface area contributed by atoms with Crippen LogP contribution in [0.15, 0.2) is 18.2 Å². The van der Waals surface area contributed by atoms with Crippen LogP contribution in [0, 0.1) is 11.7 Å². The van der Waals surface area contributed by atoms with E-state index in [2.05, 4.69) is 11.8 Å². The van der Waals surface area contributed by atoms with Crippen LogP contribution in [0.4, 0.5) is 10.1 Å². The van der Waals surface area contributed by atoms with E-state index in [9.17, 15) is 4.39 Å². The van der Waals surface area contributed by atoms with Crippen LogP contribution in [0.5, 0.6) is 0 Å². The van der Waals surface area contributed by atoms with Crippen molar-refractivity contribution in [1.82, 2.24) is 0 Å². The quantitative estimate of drug-likeness (QED) is 0.834. The summed E-state index contributed by atoms with van der Waals surface area (Å²) in [5, 5.41) is 0. The zero-order valence-corrected chi connectivity index (χ0v) is 12.6. The molecule has 0 radical (unpaired) electrons. The van der Waals surface area contributed by atoms with Crippen molar-refractivity contribution in [2.45, 2.75) is 38.8 Å². The van der Waals surface area contributed by atoms with E-state index in [0.717, 1.165) is 12.2 Å². The van der Waals surface area contributed by atoms with Gasteiger partial charge in [-0.15, -0.1) is 0 Å². The molecule has 2 N–H and O–H groups in total. The molecule has 2 rings (SSSR count). The highest BCUT2D eigenvalue weighted by molar-refractivity contribution is 5.56. The van der Waals surface area contributed by atoms with Crippen molar-refractivity contribution >= 4 is 5.69 Å². The van der Waals surface area contributed by atoms with E-state index in [4.69, 9.17) is 10.5 Å². The van der Waals surface area contributed by atoms with Crippen molar-refractivity contribution in [3.63, 3.8) is 0 Å². The second-order valence-corrected chi connectivity index (χ2v) is 5.73. The van der Waals surface area contributed by atoms with E-state index >= 15 is 0 Å². The number of methoxy groups -OCH3 is 1. The van der Waals surface area contributed by atoms with Gasteiger partial charge in [0.15, 0.2) is 0 Å². The van der Waals surface area contributed by atoms with Crippen molar-refractivity contribution in [3.8, 4) is 0 Å². The number of benzene rings is 1. The summed E-state index contributed by atoms with van der Waals surface area (Å²) >= 11 is 0. The third-order valence-corrected chi connectivity index (χ3v) is 4.13. The van der Waals surface area contributed by atoms with Gasteiger partial charge >= 0.3 is 0 Å². The smallest absolute Gasteiger partial charge is 0.130 e. The molecular weight excluding hydrogens is 255 g/mol. The molecule has 4 heteroatoms. The monoisotopic (exact) mass is 280 g/mol. The van der Waals surface area contributed by atoms with Gasteiger partial charge < -0.3 is 15.4 Å². The zero-order chi connectivity index (χ0) is 14.7. The Morgan fingerprint density at radius 3 is 2.65 bits per heavy atom. The summed E-state index contributed by atoms with van der Waals surface area (Å²) in [6, 6.07) is 5.29. The number of anilines is 1. The Kier molecular flexibility index (Phi) is 5.00. The molecule has 1 aromatic carbocycles. The first kappa shape index (κ1) is 15.3. The van der Waals surface area contributed by atoms with Crippen molar-refractivity contribution < 1.29 is 9.13 Å². The fraction of sp³-hybridized carbons (Fsp3) is 0.625. The summed E-state index contributed by atoms with van der Waals surface area (Å²) < 4.78 is 19.3. The molecule has 0 heterocycles. The Hall–Kier alpha value is -1.13. The number of hydrogen-bond acceptors (Lipinski definition) is 3. The molecule has 1 fully saturated rings. The molecule has 112 valence electrons. The van der Waals surface area contributed by atoms with Crippen LogP contribution in [0.1, 0.15) is 38.3 Å². The van der Waals surface area contributed by atoms with E-state index in [1.807, 2.05) is 13.0 Å². The molecule has 1 aliphatic carbocycles. The average molecular weight is 280 g/mol. The summed E-state index contributed by atoms with van der Waals surface area (Å²) in [4.78, 5) is 2.25. The van der Waals surface area contributed by atoms with Gasteiger partial charge in [0.1, 0.15) is 5.82 Å². The Morgan fingerprint density at radius 1 is 1.40 bits per heavy atom. The van der Waals surface area contributed by atoms with Crippen LogP contribution in [0.25, 0.3) is 0 Å². The molecule has 0 aliphatic heterocycles. The molecular formula is C16H25FN2O. The summed E-state index contributed by atoms with van der Waals surface area (Å²) in [6.45, 7) is 5.44. The third kappa shape index (κ3) is 3.30. The molecule has 0 spiro atoms. The van der Waals surface area contributed by atoms with E-state index in [1.54, 1.807) is 13.2 Å². The lowest BCUT2D eigenvalue weighted by Gasteiger charge is -2.34. The lowest BCUT2D eigenvalue weighted by molar-refractivity contribution is 0.202. The maximum absolute atomic E-state index is 14.1. The Morgan fingerprint density at radius 2 is 2.10 bits per heavy atom. The second kappa shape index (κ2) is 6.55. The number of nitrogens with zero attached hydrogens (tertiary/aromatic N) is 1. The highest BCUT2D eigenvalue weighted by Crippen LogP contribution is 2.38. The summed E-state index contributed by atoms with van der Waals surface area (Å²) in [5.41, 5.74) is 7.50. The predicted octanol–water partition coefficient (Wildman–Crippen LogP) is 3.10. The Bertz CT molecular complexity index is 446. The molecule has 3 nitrogen and oxygen atoms in total. The van der Waals surface area contributed by atoms with Crippen LogP contribution >= 0.6 is 0 Å². The number of nitrogens with two attached hydrogens (primary N) is 1. The zero-order valence-electron chi connectivity index (χ0n) is 12.6. The third-order valence-electron chi connectivity index (χ3n) is 4.13. The van der Waals surface area contributed by atoms with Crippen LogP contribution in [0.2, 0.25) is 0 Å². The van der Waals surface area contributed by atoms with Crippen LogP contribution in [-0.2, 0) is 4.74 Å². The van der Waals surface area contributed by atoms with Gasteiger partial charge in [0.25, 0.3) is 0 Å². The molecule has 1 aliphatic rings. The van der Waals surface area contributed by atoms with E-state index in [1.165, 1.54) is 18.9 Å². The highest BCUT2D eigenvalue weighted by Gasteiger charge is 2.33. The summed E-state index contributed by atoms with van der Waals surface area (Å²) in [6.07, 6.45) is 2.51. The van der Waals surface area contributed by atoms with Gasteiger partial charge in [-0.3, -0.25) is 0 Å². The summed E-state index contributed by atoms with van der Waals surface area (Å²) in [7, 11) is 1.69. The first-order valence-corrected chi connectivity index (χ1v) is 7.35. The van der Waals surface area contributed by atoms with Crippen LogP contribution in [0.3, 0.4) is 0 Å². The first-order valence-electron chi connectivity index (χ1n) is 7.35. The first-order chi connectivity index (χ1) is 9.56. The van der Waals surface area contributed by atoms with Gasteiger partial charge in [-0.25, -0.2) is 4.39 Å². The van der Waals surface area contributed by atoms with Crippen molar-refractivity contribution in [2.75, 3.05) is 25.2 Å². The predicted molar refractivity (Wildman–Crippen MR) is 80.4 cm³/mol. The van der Waals surface area contributed by atoms with Gasteiger partial charge in [0.2, 0.25) is 0 Å². The van der Waals surface area contributed by atoms with Gasteiger partial charge in [-0.2, -0.15) is 0 Å². The number of ether oxygens (including phenoxy) is 1. The van der Waals surface area contributed by atoms with Crippen molar-refractivity contribution in [1.29, 1.82) is 0 Å². The maximum Gasteiger partial charge on any atom is 0.130 e. The fourth-order valence-corrected chi connectivity index (χ4v) is 2.79. The number of rotatable bonds is 7. The van der Waals surface area contributed by atoms with Gasteiger partial charge in [-0.05, 0) is 44.7 Å². The molecule has 1 aromatic rings. The maximum atomic E-state index is 14.1. The van der Waals surface area contributed by atoms with E-state index in [0.29, 0.717) is 24.1 Å². The highest BCUT2D eigenvalue weighted by atomic mass is 19.1. The Balaban J connectivity index is 2.34. The molecule has 1 saturated carbocycles. The van der Waals surface area contributed by atoms with Gasteiger partial charge in [0, 0.05) is 37.0 Å². The molecule has 0 amide bonds. The molecule has 2 atom stereocenters. The van der Waals surface area contributed by atoms with Crippen LogP contribution < -0.4 is 10.6 Å². The lowest BCUT2D eigenvalue weighted by atomic mass is 10.0. The molecule has 20 heavy (non-hydrogen) atoms. The number of hydrogen-bond donors (Lipinski definition) is 1. The number of halogens is 1. The van der Waals surface area contributed by atoms with Gasteiger partial charge in [-0.1, -0.05) is 6.07 Å². The Labute approximate surface area is 120 Å². The van der Waals surface area contributed by atoms with Crippen molar-refractivity contribution in [2.24, 2.45) is 11.7 Å². The van der Waals surface area contributed by atoms with Gasteiger partial charge in [0.05, 0.1) is 6.61 Å². The standard InChI is InChI=1S/C16H25FN2O/c1-11(18)16-14(17)5-4-6-15(16)19(9-10-20-3)12(2)13-7-8-13/h4-6,11-13H,7-10,18H2,1-3H3/t11-,12?/m0/s1. The minimum absolute atomic E-state index is 0.220. The molecule has 0 aromatic heterocycles. The minimum Gasteiger partial charge on any atom is -0.383 e. The molecule has 0 saturated heterocycles. The minimum atomic E-state index is -0.317. The normalized spacial score (nSPS) is 17.9. The lowest BCUT2D eigenvalue weighted by Crippen LogP contribution is -2.38.